The van der Waals surface area contributed by atoms with Crippen molar-refractivity contribution in [1.82, 2.24) is 4.98 Å². The fraction of sp³-hybridized carbons (Fsp3) is 0.200. The lowest BCUT2D eigenvalue weighted by atomic mass is 10.1. The molecule has 5 heteroatoms. The van der Waals surface area contributed by atoms with Crippen LogP contribution in [0.3, 0.4) is 0 Å². The summed E-state index contributed by atoms with van der Waals surface area (Å²) in [7, 11) is 0. The quantitative estimate of drug-likeness (QED) is 0.688. The number of aromatic nitrogens is 1. The van der Waals surface area contributed by atoms with Gasteiger partial charge in [0.05, 0.1) is 11.6 Å². The summed E-state index contributed by atoms with van der Waals surface area (Å²) in [6.07, 6.45) is 2.54. The highest BCUT2D eigenvalue weighted by Gasteiger charge is 2.05. The van der Waals surface area contributed by atoms with Gasteiger partial charge >= 0.3 is 5.97 Å². The van der Waals surface area contributed by atoms with Crippen LogP contribution in [0, 0.1) is 0 Å². The summed E-state index contributed by atoms with van der Waals surface area (Å²) in [6.45, 7) is 3.90. The first kappa shape index (κ1) is 14.3. The Morgan fingerprint density at radius 2 is 2.15 bits per heavy atom. The van der Waals surface area contributed by atoms with Gasteiger partial charge in [-0.2, -0.15) is 0 Å². The van der Waals surface area contributed by atoms with Crippen LogP contribution in [-0.2, 0) is 4.79 Å². The largest absolute Gasteiger partial charge is 0.491 e. The minimum absolute atomic E-state index is 0.0825. The number of hydrogen-bond donors (Lipinski definition) is 1. The molecular weight excluding hydrogens is 278 g/mol. The van der Waals surface area contributed by atoms with Gasteiger partial charge in [-0.1, -0.05) is 11.6 Å². The van der Waals surface area contributed by atoms with Crippen LogP contribution in [0.4, 0.5) is 0 Å². The second kappa shape index (κ2) is 5.92. The van der Waals surface area contributed by atoms with Gasteiger partial charge in [0.25, 0.3) is 0 Å². The first-order chi connectivity index (χ1) is 9.45. The molecule has 0 aliphatic carbocycles. The summed E-state index contributed by atoms with van der Waals surface area (Å²) < 4.78 is 5.62. The van der Waals surface area contributed by atoms with Crippen LogP contribution in [-0.4, -0.2) is 22.2 Å². The molecule has 0 bridgehead atoms. The van der Waals surface area contributed by atoms with Gasteiger partial charge in [0.1, 0.15) is 10.9 Å². The minimum atomic E-state index is -1.03. The van der Waals surface area contributed by atoms with Gasteiger partial charge in [-0.3, -0.25) is 0 Å². The van der Waals surface area contributed by atoms with Crippen molar-refractivity contribution in [2.24, 2.45) is 0 Å². The number of hydrogen-bond acceptors (Lipinski definition) is 3. The number of benzene rings is 1. The average molecular weight is 292 g/mol. The summed E-state index contributed by atoms with van der Waals surface area (Å²) in [5.41, 5.74) is 1.29. The number of fused-ring (bicyclic) bond motifs is 1. The fourth-order valence-electron chi connectivity index (χ4n) is 1.77. The van der Waals surface area contributed by atoms with Gasteiger partial charge < -0.3 is 9.84 Å². The first-order valence-electron chi connectivity index (χ1n) is 6.13. The smallest absolute Gasteiger partial charge is 0.328 e. The van der Waals surface area contributed by atoms with E-state index in [2.05, 4.69) is 4.98 Å². The number of ether oxygens (including phenoxy) is 1. The summed E-state index contributed by atoms with van der Waals surface area (Å²) in [4.78, 5) is 14.8. The zero-order valence-corrected chi connectivity index (χ0v) is 11.9. The van der Waals surface area contributed by atoms with E-state index in [0.717, 1.165) is 22.7 Å². The molecule has 20 heavy (non-hydrogen) atoms. The van der Waals surface area contributed by atoms with E-state index in [4.69, 9.17) is 21.4 Å². The third-order valence-electron chi connectivity index (χ3n) is 2.54. The van der Waals surface area contributed by atoms with E-state index in [1.165, 1.54) is 6.08 Å². The molecule has 1 heterocycles. The second-order valence-corrected chi connectivity index (χ2v) is 4.92. The zero-order chi connectivity index (χ0) is 14.7. The van der Waals surface area contributed by atoms with Gasteiger partial charge in [0, 0.05) is 17.0 Å². The van der Waals surface area contributed by atoms with Gasteiger partial charge in [0.2, 0.25) is 0 Å². The maximum atomic E-state index is 10.6. The van der Waals surface area contributed by atoms with Crippen LogP contribution in [0.2, 0.25) is 5.15 Å². The lowest BCUT2D eigenvalue weighted by molar-refractivity contribution is -0.131. The van der Waals surface area contributed by atoms with Crippen molar-refractivity contribution in [3.05, 3.63) is 41.1 Å². The van der Waals surface area contributed by atoms with Crippen molar-refractivity contribution < 1.29 is 14.6 Å². The highest BCUT2D eigenvalue weighted by molar-refractivity contribution is 6.31. The van der Waals surface area contributed by atoms with Crippen molar-refractivity contribution in [1.29, 1.82) is 0 Å². The van der Waals surface area contributed by atoms with E-state index in [-0.39, 0.29) is 11.3 Å². The standard InChI is InChI=1S/C15H14ClNO3/c1-9(2)20-12-4-5-13-11(8-12)7-10(15(16)17-13)3-6-14(18)19/h3-9H,1-2H3,(H,18,19)/b6-3+. The molecule has 1 aromatic carbocycles. The Morgan fingerprint density at radius 1 is 1.40 bits per heavy atom. The molecule has 0 aliphatic rings. The third-order valence-corrected chi connectivity index (χ3v) is 2.85. The average Bonchev–Trinajstić information content (AvgIpc) is 2.36. The van der Waals surface area contributed by atoms with E-state index in [0.29, 0.717) is 5.56 Å². The molecule has 4 nitrogen and oxygen atoms in total. The lowest BCUT2D eigenvalue weighted by Gasteiger charge is -2.10. The summed E-state index contributed by atoms with van der Waals surface area (Å²) in [5, 5.41) is 9.77. The third kappa shape index (κ3) is 3.48. The van der Waals surface area contributed by atoms with Crippen molar-refractivity contribution in [3.8, 4) is 5.75 Å². The van der Waals surface area contributed by atoms with E-state index < -0.39 is 5.97 Å². The Labute approximate surface area is 121 Å². The fourth-order valence-corrected chi connectivity index (χ4v) is 1.98. The molecule has 0 saturated carbocycles. The predicted molar refractivity (Wildman–Crippen MR) is 79.2 cm³/mol. The topological polar surface area (TPSA) is 59.4 Å². The lowest BCUT2D eigenvalue weighted by Crippen LogP contribution is -2.05. The molecule has 0 saturated heterocycles. The molecule has 0 unspecified atom stereocenters. The molecule has 0 fully saturated rings. The van der Waals surface area contributed by atoms with Crippen molar-refractivity contribution in [2.75, 3.05) is 0 Å². The first-order valence-corrected chi connectivity index (χ1v) is 6.51. The Hall–Kier alpha value is -2.07. The van der Waals surface area contributed by atoms with E-state index >= 15 is 0 Å². The second-order valence-electron chi connectivity index (χ2n) is 4.56. The van der Waals surface area contributed by atoms with Crippen molar-refractivity contribution in [3.63, 3.8) is 0 Å². The van der Waals surface area contributed by atoms with Crippen LogP contribution >= 0.6 is 11.6 Å². The van der Waals surface area contributed by atoms with Gasteiger partial charge in [-0.05, 0) is 44.2 Å². The Morgan fingerprint density at radius 3 is 2.80 bits per heavy atom. The molecule has 0 radical (unpaired) electrons. The van der Waals surface area contributed by atoms with Crippen LogP contribution in [0.5, 0.6) is 5.75 Å². The van der Waals surface area contributed by atoms with Gasteiger partial charge in [-0.25, -0.2) is 9.78 Å². The molecule has 2 rings (SSSR count). The number of carbonyl (C=O) groups is 1. The van der Waals surface area contributed by atoms with Crippen LogP contribution in [0.15, 0.2) is 30.3 Å². The number of halogens is 1. The van der Waals surface area contributed by atoms with Gasteiger partial charge in [0.15, 0.2) is 0 Å². The minimum Gasteiger partial charge on any atom is -0.491 e. The summed E-state index contributed by atoms with van der Waals surface area (Å²) in [5.74, 6) is -0.289. The SMILES string of the molecule is CC(C)Oc1ccc2nc(Cl)c(/C=C/C(=O)O)cc2c1. The molecule has 104 valence electrons. The number of carboxylic acids is 1. The molecule has 0 amide bonds. The summed E-state index contributed by atoms with van der Waals surface area (Å²) in [6, 6.07) is 7.30. The number of rotatable bonds is 4. The maximum absolute atomic E-state index is 10.6. The van der Waals surface area contributed by atoms with Gasteiger partial charge in [-0.15, -0.1) is 0 Å². The number of nitrogens with zero attached hydrogens (tertiary/aromatic N) is 1. The molecule has 2 aromatic rings. The van der Waals surface area contributed by atoms with Crippen molar-refractivity contribution >= 4 is 34.5 Å². The molecule has 0 atom stereocenters. The van der Waals surface area contributed by atoms with E-state index in [1.807, 2.05) is 32.0 Å². The highest BCUT2D eigenvalue weighted by Crippen LogP contribution is 2.25. The number of carboxylic acid groups (broad SMARTS) is 1. The molecule has 0 spiro atoms. The van der Waals surface area contributed by atoms with E-state index in [1.54, 1.807) is 6.07 Å². The van der Waals surface area contributed by atoms with Crippen LogP contribution in [0.1, 0.15) is 19.4 Å². The Balaban J connectivity index is 2.46. The monoisotopic (exact) mass is 291 g/mol. The predicted octanol–water partition coefficient (Wildman–Crippen LogP) is 3.77. The summed E-state index contributed by atoms with van der Waals surface area (Å²) >= 11 is 6.02. The zero-order valence-electron chi connectivity index (χ0n) is 11.1. The maximum Gasteiger partial charge on any atom is 0.328 e. The van der Waals surface area contributed by atoms with Crippen molar-refractivity contribution in [2.45, 2.75) is 20.0 Å². The van der Waals surface area contributed by atoms with E-state index in [9.17, 15) is 4.79 Å². The molecular formula is C15H14ClNO3. The van der Waals surface area contributed by atoms with Crippen LogP contribution < -0.4 is 4.74 Å². The molecule has 1 N–H and O–H groups in total. The number of pyridine rings is 1. The normalized spacial score (nSPS) is 11.4. The van der Waals surface area contributed by atoms with Crippen LogP contribution in [0.25, 0.3) is 17.0 Å². The molecule has 1 aromatic heterocycles. The Kier molecular flexibility index (Phi) is 4.25. The molecule has 0 aliphatic heterocycles. The highest BCUT2D eigenvalue weighted by atomic mass is 35.5. The Bertz CT molecular complexity index is 680. The number of aliphatic carboxylic acids is 1.